The second kappa shape index (κ2) is 3.24. The number of furan rings is 1. The standard InChI is InChI=1S/C13H8NO/c1-2-6-12-10(4-1)8-13(15-12)11-5-3-7-14-9-11/h1-6,8-9H. The molecule has 1 aromatic carbocycles. The molecule has 0 aliphatic carbocycles. The summed E-state index contributed by atoms with van der Waals surface area (Å²) in [4.78, 5) is 3.95. The lowest BCUT2D eigenvalue weighted by Crippen LogP contribution is -1.74. The molecule has 71 valence electrons. The number of pyridine rings is 1. The fraction of sp³-hybridized carbons (Fsp3) is 0. The zero-order valence-corrected chi connectivity index (χ0v) is 7.97. The van der Waals surface area contributed by atoms with Crippen molar-refractivity contribution in [2.24, 2.45) is 0 Å². The highest BCUT2D eigenvalue weighted by Gasteiger charge is 2.04. The molecule has 0 atom stereocenters. The lowest BCUT2D eigenvalue weighted by atomic mass is 10.2. The normalized spacial score (nSPS) is 10.7. The predicted molar refractivity (Wildman–Crippen MR) is 58.3 cm³/mol. The Morgan fingerprint density at radius 1 is 1.13 bits per heavy atom. The van der Waals surface area contributed by atoms with Crippen LogP contribution in [0.1, 0.15) is 0 Å². The summed E-state index contributed by atoms with van der Waals surface area (Å²) >= 11 is 0. The molecule has 3 aromatic rings. The number of nitrogens with zero attached hydrogens (tertiary/aromatic N) is 1. The molecule has 0 aliphatic heterocycles. The molecule has 2 heteroatoms. The smallest absolute Gasteiger partial charge is 0.136 e. The molecule has 0 N–H and O–H groups in total. The minimum absolute atomic E-state index is 0.845. The van der Waals surface area contributed by atoms with Crippen molar-refractivity contribution in [1.82, 2.24) is 4.98 Å². The maximum atomic E-state index is 5.70. The Morgan fingerprint density at radius 2 is 2.07 bits per heavy atom. The lowest BCUT2D eigenvalue weighted by Gasteiger charge is -1.92. The van der Waals surface area contributed by atoms with E-state index in [1.54, 1.807) is 12.3 Å². The Kier molecular flexibility index (Phi) is 1.78. The topological polar surface area (TPSA) is 26.0 Å². The SMILES string of the molecule is [c]1ccc(-c2cc3ccccc3o2)cn1. The van der Waals surface area contributed by atoms with Gasteiger partial charge < -0.3 is 4.42 Å². The van der Waals surface area contributed by atoms with Gasteiger partial charge in [-0.3, -0.25) is 4.98 Å². The Labute approximate surface area is 87.2 Å². The van der Waals surface area contributed by atoms with Crippen molar-refractivity contribution in [3.63, 3.8) is 0 Å². The zero-order chi connectivity index (χ0) is 10.1. The largest absolute Gasteiger partial charge is 0.456 e. The first kappa shape index (κ1) is 8.24. The number of benzene rings is 1. The van der Waals surface area contributed by atoms with Crippen molar-refractivity contribution < 1.29 is 4.42 Å². The van der Waals surface area contributed by atoms with Gasteiger partial charge in [-0.2, -0.15) is 0 Å². The van der Waals surface area contributed by atoms with Gasteiger partial charge in [-0.25, -0.2) is 0 Å². The van der Waals surface area contributed by atoms with Gasteiger partial charge in [-0.1, -0.05) is 18.2 Å². The summed E-state index contributed by atoms with van der Waals surface area (Å²) in [5.41, 5.74) is 1.88. The van der Waals surface area contributed by atoms with E-state index in [1.807, 2.05) is 36.4 Å². The van der Waals surface area contributed by atoms with Crippen molar-refractivity contribution in [1.29, 1.82) is 0 Å². The van der Waals surface area contributed by atoms with E-state index < -0.39 is 0 Å². The van der Waals surface area contributed by atoms with E-state index in [9.17, 15) is 0 Å². The number of fused-ring (bicyclic) bond motifs is 1. The van der Waals surface area contributed by atoms with E-state index in [-0.39, 0.29) is 0 Å². The fourth-order valence-electron chi connectivity index (χ4n) is 1.59. The van der Waals surface area contributed by atoms with E-state index in [0.717, 1.165) is 22.3 Å². The molecule has 2 aromatic heterocycles. The molecule has 0 aliphatic rings. The second-order valence-corrected chi connectivity index (χ2v) is 3.32. The zero-order valence-electron chi connectivity index (χ0n) is 7.97. The van der Waals surface area contributed by atoms with Gasteiger partial charge in [-0.15, -0.1) is 0 Å². The van der Waals surface area contributed by atoms with Crippen LogP contribution in [0.5, 0.6) is 0 Å². The van der Waals surface area contributed by atoms with Gasteiger partial charge in [0.05, 0.1) is 6.20 Å². The minimum atomic E-state index is 0.845. The van der Waals surface area contributed by atoms with Crippen LogP contribution in [0.15, 0.2) is 53.1 Å². The van der Waals surface area contributed by atoms with Gasteiger partial charge in [0.1, 0.15) is 11.3 Å². The Morgan fingerprint density at radius 3 is 2.87 bits per heavy atom. The third-order valence-corrected chi connectivity index (χ3v) is 2.33. The highest BCUT2D eigenvalue weighted by atomic mass is 16.3. The maximum Gasteiger partial charge on any atom is 0.136 e. The molecule has 0 bridgehead atoms. The predicted octanol–water partition coefficient (Wildman–Crippen LogP) is 3.29. The number of hydrogen-bond donors (Lipinski definition) is 0. The van der Waals surface area contributed by atoms with E-state index in [0.29, 0.717) is 0 Å². The van der Waals surface area contributed by atoms with Crippen molar-refractivity contribution in [3.05, 3.63) is 54.9 Å². The lowest BCUT2D eigenvalue weighted by molar-refractivity contribution is 0.631. The highest BCUT2D eigenvalue weighted by molar-refractivity contribution is 5.82. The summed E-state index contributed by atoms with van der Waals surface area (Å²) < 4.78 is 5.70. The first-order valence-corrected chi connectivity index (χ1v) is 4.74. The molecule has 0 amide bonds. The molecule has 2 heterocycles. The monoisotopic (exact) mass is 194 g/mol. The summed E-state index contributed by atoms with van der Waals surface area (Å²) in [6, 6.07) is 13.7. The first-order valence-electron chi connectivity index (χ1n) is 4.74. The third kappa shape index (κ3) is 1.40. The molecule has 15 heavy (non-hydrogen) atoms. The van der Waals surface area contributed by atoms with Crippen LogP contribution in [0, 0.1) is 6.20 Å². The Balaban J connectivity index is 2.21. The first-order chi connectivity index (χ1) is 7.43. The van der Waals surface area contributed by atoms with Crippen molar-refractivity contribution >= 4 is 11.0 Å². The number of hydrogen-bond acceptors (Lipinski definition) is 2. The molecule has 2 nitrogen and oxygen atoms in total. The molecular formula is C13H8NO. The molecular weight excluding hydrogens is 186 g/mol. The molecule has 0 fully saturated rings. The van der Waals surface area contributed by atoms with Gasteiger partial charge in [0.2, 0.25) is 0 Å². The van der Waals surface area contributed by atoms with Crippen LogP contribution in [0.3, 0.4) is 0 Å². The van der Waals surface area contributed by atoms with Gasteiger partial charge in [0.15, 0.2) is 0 Å². The summed E-state index contributed by atoms with van der Waals surface area (Å²) in [5.74, 6) is 0.845. The quantitative estimate of drug-likeness (QED) is 0.594. The van der Waals surface area contributed by atoms with Crippen LogP contribution in [-0.4, -0.2) is 4.98 Å². The van der Waals surface area contributed by atoms with Crippen molar-refractivity contribution in [2.45, 2.75) is 0 Å². The summed E-state index contributed by atoms with van der Waals surface area (Å²) in [7, 11) is 0. The van der Waals surface area contributed by atoms with E-state index in [1.165, 1.54) is 0 Å². The van der Waals surface area contributed by atoms with Crippen LogP contribution < -0.4 is 0 Å². The van der Waals surface area contributed by atoms with Crippen LogP contribution in [0.4, 0.5) is 0 Å². The molecule has 3 rings (SSSR count). The molecule has 0 unspecified atom stereocenters. The van der Waals surface area contributed by atoms with Crippen molar-refractivity contribution in [3.8, 4) is 11.3 Å². The second-order valence-electron chi connectivity index (χ2n) is 3.32. The van der Waals surface area contributed by atoms with E-state index >= 15 is 0 Å². The average molecular weight is 194 g/mol. The average Bonchev–Trinajstić information content (AvgIpc) is 2.74. The third-order valence-electron chi connectivity index (χ3n) is 2.33. The molecule has 0 saturated carbocycles. The van der Waals surface area contributed by atoms with Gasteiger partial charge in [0.25, 0.3) is 0 Å². The molecule has 0 saturated heterocycles. The number of aromatic nitrogens is 1. The summed E-state index contributed by atoms with van der Waals surface area (Å²) in [5, 5.41) is 1.11. The van der Waals surface area contributed by atoms with Crippen LogP contribution in [0.2, 0.25) is 0 Å². The van der Waals surface area contributed by atoms with E-state index in [2.05, 4.69) is 11.2 Å². The fourth-order valence-corrected chi connectivity index (χ4v) is 1.59. The maximum absolute atomic E-state index is 5.70. The van der Waals surface area contributed by atoms with Crippen LogP contribution in [-0.2, 0) is 0 Å². The minimum Gasteiger partial charge on any atom is -0.456 e. The molecule has 0 spiro atoms. The van der Waals surface area contributed by atoms with Gasteiger partial charge >= 0.3 is 0 Å². The summed E-state index contributed by atoms with van der Waals surface area (Å²) in [6.07, 6.45) is 4.49. The Hall–Kier alpha value is -2.09. The van der Waals surface area contributed by atoms with Crippen molar-refractivity contribution in [2.75, 3.05) is 0 Å². The van der Waals surface area contributed by atoms with Gasteiger partial charge in [-0.05, 0) is 24.3 Å². The highest BCUT2D eigenvalue weighted by Crippen LogP contribution is 2.26. The number of para-hydroxylation sites is 1. The molecule has 1 radical (unpaired) electrons. The van der Waals surface area contributed by atoms with E-state index in [4.69, 9.17) is 4.42 Å². The van der Waals surface area contributed by atoms with Crippen LogP contribution >= 0.6 is 0 Å². The van der Waals surface area contributed by atoms with Crippen LogP contribution in [0.25, 0.3) is 22.3 Å². The Bertz CT molecular complexity index is 551. The van der Waals surface area contributed by atoms with Gasteiger partial charge in [0, 0.05) is 17.1 Å². The summed E-state index contributed by atoms with van der Waals surface area (Å²) in [6.45, 7) is 0. The number of rotatable bonds is 1.